The normalized spacial score (nSPS) is 10.1. The van der Waals surface area contributed by atoms with E-state index in [9.17, 15) is 0 Å². The maximum Gasteiger partial charge on any atom is 0.238 e. The van der Waals surface area contributed by atoms with Crippen molar-refractivity contribution in [1.29, 1.82) is 0 Å². The molecule has 7 heteroatoms. The summed E-state index contributed by atoms with van der Waals surface area (Å²) in [7, 11) is 0. The molecule has 0 aliphatic carbocycles. The van der Waals surface area contributed by atoms with E-state index in [-0.39, 0.29) is 0 Å². The lowest BCUT2D eigenvalue weighted by Crippen LogP contribution is -2.09. The molecule has 0 unspecified atom stereocenters. The van der Waals surface area contributed by atoms with E-state index >= 15 is 0 Å². The van der Waals surface area contributed by atoms with Crippen molar-refractivity contribution in [2.45, 2.75) is 0 Å². The number of benzene rings is 1. The highest BCUT2D eigenvalue weighted by Gasteiger charge is 2.09. The zero-order valence-corrected chi connectivity index (χ0v) is 10.9. The highest BCUT2D eigenvalue weighted by atomic mass is 79.9. The summed E-state index contributed by atoms with van der Waals surface area (Å²) < 4.78 is 6.11. The minimum Gasteiger partial charge on any atom is -0.438 e. The van der Waals surface area contributed by atoms with Crippen molar-refractivity contribution >= 4 is 33.3 Å². The molecule has 0 fully saturated rings. The molecule has 2 aromatic rings. The maximum absolute atomic E-state index is 5.78. The molecule has 0 aliphatic rings. The van der Waals surface area contributed by atoms with Crippen LogP contribution >= 0.6 is 27.5 Å². The molecule has 0 spiro atoms. The van der Waals surface area contributed by atoms with Crippen LogP contribution in [0.4, 0.5) is 5.82 Å². The average molecular weight is 316 g/mol. The lowest BCUT2D eigenvalue weighted by Gasteiger charge is -2.08. The average Bonchev–Trinajstić information content (AvgIpc) is 2.35. The van der Waals surface area contributed by atoms with Crippen molar-refractivity contribution in [2.24, 2.45) is 5.84 Å². The predicted molar refractivity (Wildman–Crippen MR) is 69.1 cm³/mol. The van der Waals surface area contributed by atoms with Gasteiger partial charge in [0.25, 0.3) is 0 Å². The number of hydrazine groups is 1. The summed E-state index contributed by atoms with van der Waals surface area (Å²) >= 11 is 9.07. The molecule has 0 amide bonds. The second kappa shape index (κ2) is 5.31. The van der Waals surface area contributed by atoms with Crippen LogP contribution in [0.2, 0.25) is 5.02 Å². The summed E-state index contributed by atoms with van der Waals surface area (Å²) in [5.74, 6) is 6.73. The maximum atomic E-state index is 5.78. The van der Waals surface area contributed by atoms with E-state index < -0.39 is 0 Å². The Hall–Kier alpha value is -1.37. The first-order valence-corrected chi connectivity index (χ1v) is 5.78. The highest BCUT2D eigenvalue weighted by Crippen LogP contribution is 2.31. The van der Waals surface area contributed by atoms with Gasteiger partial charge >= 0.3 is 0 Å². The third-order valence-corrected chi connectivity index (χ3v) is 2.89. The number of nitrogens with one attached hydrogen (secondary N) is 1. The Morgan fingerprint density at radius 1 is 1.24 bits per heavy atom. The number of halogens is 2. The van der Waals surface area contributed by atoms with Crippen molar-refractivity contribution in [1.82, 2.24) is 9.97 Å². The Balaban J connectivity index is 2.27. The van der Waals surface area contributed by atoms with Crippen LogP contribution in [0.5, 0.6) is 11.6 Å². The van der Waals surface area contributed by atoms with Crippen molar-refractivity contribution in [3.8, 4) is 11.6 Å². The van der Waals surface area contributed by atoms with Crippen LogP contribution in [0, 0.1) is 0 Å². The molecule has 17 heavy (non-hydrogen) atoms. The van der Waals surface area contributed by atoms with E-state index in [0.29, 0.717) is 26.9 Å². The van der Waals surface area contributed by atoms with Gasteiger partial charge in [0.1, 0.15) is 16.5 Å². The molecule has 0 saturated heterocycles. The number of ether oxygens (including phenoxy) is 1. The molecular formula is C10H8BrClN4O. The summed E-state index contributed by atoms with van der Waals surface area (Å²) in [5.41, 5.74) is 2.43. The van der Waals surface area contributed by atoms with Crippen LogP contribution in [0.1, 0.15) is 0 Å². The van der Waals surface area contributed by atoms with E-state index in [4.69, 9.17) is 22.2 Å². The summed E-state index contributed by atoms with van der Waals surface area (Å²) in [6.07, 6.45) is 1.35. The second-order valence-corrected chi connectivity index (χ2v) is 4.27. The standard InChI is InChI=1S/C10H8BrClN4O/c11-8-9(16-13)14-5-15-10(8)17-7-3-1-6(12)2-4-7/h1-5H,13H2,(H,14,15,16). The van der Waals surface area contributed by atoms with Gasteiger partial charge in [-0.25, -0.2) is 15.8 Å². The summed E-state index contributed by atoms with van der Waals surface area (Å²) in [6.45, 7) is 0. The second-order valence-electron chi connectivity index (χ2n) is 3.04. The first kappa shape index (κ1) is 12.1. The summed E-state index contributed by atoms with van der Waals surface area (Å²) in [6, 6.07) is 6.95. The quantitative estimate of drug-likeness (QED) is 0.673. The fraction of sp³-hybridized carbons (Fsp3) is 0. The molecule has 88 valence electrons. The Kier molecular flexibility index (Phi) is 3.78. The molecule has 2 rings (SSSR count). The lowest BCUT2D eigenvalue weighted by molar-refractivity contribution is 0.458. The number of nitrogens with two attached hydrogens (primary N) is 1. The van der Waals surface area contributed by atoms with Crippen LogP contribution in [0.3, 0.4) is 0 Å². The number of hydrogen-bond donors (Lipinski definition) is 2. The summed E-state index contributed by atoms with van der Waals surface area (Å²) in [5, 5.41) is 0.642. The first-order chi connectivity index (χ1) is 8.20. The van der Waals surface area contributed by atoms with Gasteiger partial charge in [-0.1, -0.05) is 11.6 Å². The van der Waals surface area contributed by atoms with Crippen LogP contribution < -0.4 is 16.0 Å². The predicted octanol–water partition coefficient (Wildman–Crippen LogP) is 2.97. The van der Waals surface area contributed by atoms with Gasteiger partial charge in [0.2, 0.25) is 5.88 Å². The van der Waals surface area contributed by atoms with Crippen LogP contribution in [0.25, 0.3) is 0 Å². The number of hydrogen-bond acceptors (Lipinski definition) is 5. The van der Waals surface area contributed by atoms with E-state index in [0.717, 1.165) is 0 Å². The van der Waals surface area contributed by atoms with Gasteiger partial charge in [-0.15, -0.1) is 0 Å². The van der Waals surface area contributed by atoms with Gasteiger partial charge in [0.05, 0.1) is 0 Å². The molecule has 0 saturated carbocycles. The number of nitrogen functional groups attached to an aromatic ring is 1. The Morgan fingerprint density at radius 2 is 1.94 bits per heavy atom. The van der Waals surface area contributed by atoms with Gasteiger partial charge in [-0.2, -0.15) is 0 Å². The minimum atomic E-state index is 0.371. The molecule has 0 aliphatic heterocycles. The third-order valence-electron chi connectivity index (χ3n) is 1.92. The number of aromatic nitrogens is 2. The van der Waals surface area contributed by atoms with Gasteiger partial charge in [-0.05, 0) is 40.2 Å². The summed E-state index contributed by atoms with van der Waals surface area (Å²) in [4.78, 5) is 7.91. The Bertz CT molecular complexity index is 520. The van der Waals surface area contributed by atoms with Crippen LogP contribution in [0.15, 0.2) is 35.1 Å². The van der Waals surface area contributed by atoms with Crippen LogP contribution in [-0.4, -0.2) is 9.97 Å². The van der Waals surface area contributed by atoms with Gasteiger partial charge in [0, 0.05) is 5.02 Å². The fourth-order valence-corrected chi connectivity index (χ4v) is 1.67. The Labute approximate surface area is 111 Å². The molecule has 1 aromatic carbocycles. The zero-order chi connectivity index (χ0) is 12.3. The lowest BCUT2D eigenvalue weighted by atomic mass is 10.3. The molecule has 0 atom stereocenters. The Morgan fingerprint density at radius 3 is 2.59 bits per heavy atom. The molecule has 1 aromatic heterocycles. The molecule has 1 heterocycles. The van der Waals surface area contributed by atoms with E-state index in [1.807, 2.05) is 0 Å². The van der Waals surface area contributed by atoms with Crippen LogP contribution in [-0.2, 0) is 0 Å². The zero-order valence-electron chi connectivity index (χ0n) is 8.52. The van der Waals surface area contributed by atoms with Gasteiger partial charge in [0.15, 0.2) is 5.82 Å². The third kappa shape index (κ3) is 2.85. The largest absolute Gasteiger partial charge is 0.438 e. The highest BCUT2D eigenvalue weighted by molar-refractivity contribution is 9.10. The van der Waals surface area contributed by atoms with E-state index in [2.05, 4.69) is 31.3 Å². The van der Waals surface area contributed by atoms with Gasteiger partial charge < -0.3 is 10.2 Å². The monoisotopic (exact) mass is 314 g/mol. The van der Waals surface area contributed by atoms with E-state index in [1.54, 1.807) is 24.3 Å². The number of anilines is 1. The SMILES string of the molecule is NNc1ncnc(Oc2ccc(Cl)cc2)c1Br. The molecular weight excluding hydrogens is 307 g/mol. The number of nitrogens with zero attached hydrogens (tertiary/aromatic N) is 2. The van der Waals surface area contributed by atoms with Crippen molar-refractivity contribution < 1.29 is 4.74 Å². The molecule has 0 bridgehead atoms. The number of rotatable bonds is 3. The topological polar surface area (TPSA) is 73.1 Å². The van der Waals surface area contributed by atoms with E-state index in [1.165, 1.54) is 6.33 Å². The van der Waals surface area contributed by atoms with Crippen molar-refractivity contribution in [3.63, 3.8) is 0 Å². The first-order valence-electron chi connectivity index (χ1n) is 4.61. The van der Waals surface area contributed by atoms with Crippen molar-refractivity contribution in [2.75, 3.05) is 5.43 Å². The fourth-order valence-electron chi connectivity index (χ4n) is 1.14. The van der Waals surface area contributed by atoms with Gasteiger partial charge in [-0.3, -0.25) is 0 Å². The smallest absolute Gasteiger partial charge is 0.238 e. The molecule has 5 nitrogen and oxygen atoms in total. The molecule has 3 N–H and O–H groups in total. The van der Waals surface area contributed by atoms with Crippen molar-refractivity contribution in [3.05, 3.63) is 40.1 Å². The minimum absolute atomic E-state index is 0.371. The molecule has 0 radical (unpaired) electrons.